The van der Waals surface area contributed by atoms with E-state index >= 15 is 0 Å². The van der Waals surface area contributed by atoms with Gasteiger partial charge in [0.1, 0.15) is 0 Å². The maximum atomic E-state index is 12.4. The summed E-state index contributed by atoms with van der Waals surface area (Å²) in [4.78, 5) is 16.7. The Morgan fingerprint density at radius 1 is 1.26 bits per heavy atom. The van der Waals surface area contributed by atoms with Crippen LogP contribution in [0.3, 0.4) is 0 Å². The predicted octanol–water partition coefficient (Wildman–Crippen LogP) is 2.68. The van der Waals surface area contributed by atoms with Gasteiger partial charge in [-0.3, -0.25) is 4.79 Å². The van der Waals surface area contributed by atoms with Gasteiger partial charge in [-0.15, -0.1) is 11.6 Å². The third-order valence-corrected chi connectivity index (χ3v) is 4.19. The third-order valence-electron chi connectivity index (χ3n) is 3.35. The summed E-state index contributed by atoms with van der Waals surface area (Å²) in [6.45, 7) is 4.49. The molecule has 1 saturated heterocycles. The molecule has 0 spiro atoms. The van der Waals surface area contributed by atoms with Crippen molar-refractivity contribution in [1.29, 1.82) is 0 Å². The highest BCUT2D eigenvalue weighted by Crippen LogP contribution is 2.12. The van der Waals surface area contributed by atoms with Crippen molar-refractivity contribution in [3.63, 3.8) is 0 Å². The van der Waals surface area contributed by atoms with Gasteiger partial charge >= 0.3 is 0 Å². The number of hydrogen-bond donors (Lipinski definition) is 0. The van der Waals surface area contributed by atoms with Gasteiger partial charge in [-0.2, -0.15) is 0 Å². The Hall–Kier alpha value is -0.330. The van der Waals surface area contributed by atoms with Crippen molar-refractivity contribution < 1.29 is 4.79 Å². The van der Waals surface area contributed by atoms with E-state index in [2.05, 4.69) is 27.5 Å². The van der Waals surface area contributed by atoms with E-state index in [1.165, 1.54) is 0 Å². The van der Waals surface area contributed by atoms with Crippen LogP contribution in [0, 0.1) is 3.57 Å². The molecule has 1 fully saturated rings. The lowest BCUT2D eigenvalue weighted by atomic mass is 10.2. The van der Waals surface area contributed by atoms with E-state index < -0.39 is 0 Å². The molecule has 0 unspecified atom stereocenters. The first-order chi connectivity index (χ1) is 9.20. The molecule has 0 aromatic heterocycles. The molecule has 0 saturated carbocycles. The van der Waals surface area contributed by atoms with E-state index in [0.29, 0.717) is 5.88 Å². The lowest BCUT2D eigenvalue weighted by Gasteiger charge is -2.21. The van der Waals surface area contributed by atoms with E-state index in [1.807, 2.05) is 29.2 Å². The van der Waals surface area contributed by atoms with Crippen LogP contribution in [0.5, 0.6) is 0 Å². The van der Waals surface area contributed by atoms with E-state index in [4.69, 9.17) is 11.6 Å². The zero-order valence-corrected chi connectivity index (χ0v) is 13.7. The van der Waals surface area contributed by atoms with Gasteiger partial charge in [-0.1, -0.05) is 6.07 Å². The monoisotopic (exact) mass is 392 g/mol. The van der Waals surface area contributed by atoms with Gasteiger partial charge in [0, 0.05) is 41.2 Å². The van der Waals surface area contributed by atoms with Gasteiger partial charge in [-0.25, -0.2) is 0 Å². The SMILES string of the molecule is O=C(c1cccc(I)c1)N1CCCN(CCCl)CC1. The highest BCUT2D eigenvalue weighted by atomic mass is 127. The zero-order valence-electron chi connectivity index (χ0n) is 10.8. The van der Waals surface area contributed by atoms with Crippen molar-refractivity contribution in [3.8, 4) is 0 Å². The van der Waals surface area contributed by atoms with Gasteiger partial charge in [0.25, 0.3) is 5.91 Å². The number of benzene rings is 1. The van der Waals surface area contributed by atoms with Crippen LogP contribution in [0.25, 0.3) is 0 Å². The van der Waals surface area contributed by atoms with Crippen molar-refractivity contribution in [2.45, 2.75) is 6.42 Å². The van der Waals surface area contributed by atoms with Gasteiger partial charge in [0.05, 0.1) is 0 Å². The van der Waals surface area contributed by atoms with E-state index in [0.717, 1.165) is 48.3 Å². The van der Waals surface area contributed by atoms with Gasteiger partial charge < -0.3 is 9.80 Å². The van der Waals surface area contributed by atoms with Gasteiger partial charge in [-0.05, 0) is 53.8 Å². The molecule has 3 nitrogen and oxygen atoms in total. The van der Waals surface area contributed by atoms with Crippen molar-refractivity contribution in [2.24, 2.45) is 0 Å². The minimum Gasteiger partial charge on any atom is -0.337 e. The Kier molecular flexibility index (Phi) is 5.91. The summed E-state index contributed by atoms with van der Waals surface area (Å²) in [5.41, 5.74) is 0.790. The highest BCUT2D eigenvalue weighted by Gasteiger charge is 2.19. The second-order valence-electron chi connectivity index (χ2n) is 4.69. The molecule has 1 aromatic carbocycles. The first kappa shape index (κ1) is 15.1. The van der Waals surface area contributed by atoms with Crippen LogP contribution in [-0.2, 0) is 0 Å². The van der Waals surface area contributed by atoms with Gasteiger partial charge in [0.15, 0.2) is 0 Å². The van der Waals surface area contributed by atoms with Gasteiger partial charge in [0.2, 0.25) is 0 Å². The molecule has 0 bridgehead atoms. The molecule has 1 aliphatic rings. The average Bonchev–Trinajstić information content (AvgIpc) is 2.64. The molecule has 2 rings (SSSR count). The largest absolute Gasteiger partial charge is 0.337 e. The first-order valence-corrected chi connectivity index (χ1v) is 8.15. The van der Waals surface area contributed by atoms with Crippen molar-refractivity contribution in [3.05, 3.63) is 33.4 Å². The highest BCUT2D eigenvalue weighted by molar-refractivity contribution is 14.1. The number of nitrogens with zero attached hydrogens (tertiary/aromatic N) is 2. The number of rotatable bonds is 3. The smallest absolute Gasteiger partial charge is 0.253 e. The van der Waals surface area contributed by atoms with Crippen LogP contribution in [0.15, 0.2) is 24.3 Å². The molecule has 104 valence electrons. The predicted molar refractivity (Wildman–Crippen MR) is 86.8 cm³/mol. The second-order valence-corrected chi connectivity index (χ2v) is 6.31. The standard InChI is InChI=1S/C14H18ClIN2O/c15-5-8-17-6-2-7-18(10-9-17)14(19)12-3-1-4-13(16)11-12/h1,3-4,11H,2,5-10H2. The number of alkyl halides is 1. The van der Waals surface area contributed by atoms with Crippen molar-refractivity contribution in [1.82, 2.24) is 9.80 Å². The maximum absolute atomic E-state index is 12.4. The number of hydrogen-bond acceptors (Lipinski definition) is 2. The molecule has 1 aromatic rings. The van der Waals surface area contributed by atoms with E-state index in [9.17, 15) is 4.79 Å². The Bertz CT molecular complexity index is 441. The molecule has 19 heavy (non-hydrogen) atoms. The number of halogens is 2. The summed E-state index contributed by atoms with van der Waals surface area (Å²) in [5, 5.41) is 0. The fourth-order valence-electron chi connectivity index (χ4n) is 2.32. The van der Waals surface area contributed by atoms with E-state index in [1.54, 1.807) is 0 Å². The van der Waals surface area contributed by atoms with Crippen LogP contribution < -0.4 is 0 Å². The summed E-state index contributed by atoms with van der Waals surface area (Å²) in [6.07, 6.45) is 1.02. The minimum atomic E-state index is 0.145. The summed E-state index contributed by atoms with van der Waals surface area (Å²) >= 11 is 8.02. The first-order valence-electron chi connectivity index (χ1n) is 6.54. The zero-order chi connectivity index (χ0) is 13.7. The molecule has 1 amide bonds. The molecular formula is C14H18ClIN2O. The summed E-state index contributed by atoms with van der Waals surface area (Å²) in [6, 6.07) is 7.78. The maximum Gasteiger partial charge on any atom is 0.253 e. The minimum absolute atomic E-state index is 0.145. The Labute approximate surface area is 133 Å². The number of carbonyl (C=O) groups is 1. The molecule has 5 heteroatoms. The Morgan fingerprint density at radius 3 is 2.84 bits per heavy atom. The normalized spacial score (nSPS) is 17.3. The lowest BCUT2D eigenvalue weighted by molar-refractivity contribution is 0.0762. The molecule has 0 aliphatic carbocycles. The quantitative estimate of drug-likeness (QED) is 0.583. The number of carbonyl (C=O) groups excluding carboxylic acids is 1. The molecule has 0 radical (unpaired) electrons. The van der Waals surface area contributed by atoms with Crippen LogP contribution in [0.4, 0.5) is 0 Å². The third kappa shape index (κ3) is 4.33. The topological polar surface area (TPSA) is 23.6 Å². The summed E-state index contributed by atoms with van der Waals surface area (Å²) < 4.78 is 1.10. The summed E-state index contributed by atoms with van der Waals surface area (Å²) in [7, 11) is 0. The fraction of sp³-hybridized carbons (Fsp3) is 0.500. The van der Waals surface area contributed by atoms with E-state index in [-0.39, 0.29) is 5.91 Å². The fourth-order valence-corrected chi connectivity index (χ4v) is 3.10. The lowest BCUT2D eigenvalue weighted by Crippen LogP contribution is -2.35. The van der Waals surface area contributed by atoms with Crippen LogP contribution >= 0.6 is 34.2 Å². The van der Waals surface area contributed by atoms with Crippen LogP contribution in [-0.4, -0.2) is 54.3 Å². The molecule has 0 N–H and O–H groups in total. The van der Waals surface area contributed by atoms with Crippen LogP contribution in [0.2, 0.25) is 0 Å². The van der Waals surface area contributed by atoms with Crippen molar-refractivity contribution >= 4 is 40.1 Å². The van der Waals surface area contributed by atoms with Crippen LogP contribution in [0.1, 0.15) is 16.8 Å². The second kappa shape index (κ2) is 7.45. The molecule has 1 aliphatic heterocycles. The molecule has 1 heterocycles. The number of amides is 1. The average molecular weight is 393 g/mol. The van der Waals surface area contributed by atoms with Crippen molar-refractivity contribution in [2.75, 3.05) is 38.6 Å². The molecular weight excluding hydrogens is 375 g/mol. The Morgan fingerprint density at radius 2 is 2.11 bits per heavy atom. The Balaban J connectivity index is 2.00. The molecule has 0 atom stereocenters. The summed E-state index contributed by atoms with van der Waals surface area (Å²) in [5.74, 6) is 0.802.